The van der Waals surface area contributed by atoms with Crippen LogP contribution in [0.25, 0.3) is 0 Å². The summed E-state index contributed by atoms with van der Waals surface area (Å²) < 4.78 is 26.2. The van der Waals surface area contributed by atoms with E-state index in [4.69, 9.17) is 0 Å². The molecule has 2 fully saturated rings. The Kier molecular flexibility index (Phi) is 7.42. The molecule has 0 bridgehead atoms. The summed E-state index contributed by atoms with van der Waals surface area (Å²) in [7, 11) is -3.10. The van der Waals surface area contributed by atoms with Crippen LogP contribution in [0.15, 0.2) is 24.5 Å². The molecule has 0 spiro atoms. The maximum atomic E-state index is 12.6. The molecule has 0 saturated carbocycles. The van der Waals surface area contributed by atoms with Gasteiger partial charge in [-0.1, -0.05) is 13.0 Å². The number of nitrogens with zero attached hydrogens (tertiary/aromatic N) is 3. The molecule has 0 aromatic carbocycles. The minimum absolute atomic E-state index is 0.00674. The van der Waals surface area contributed by atoms with E-state index in [9.17, 15) is 13.2 Å². The zero-order valence-corrected chi connectivity index (χ0v) is 17.5. The Bertz CT molecular complexity index is 733. The van der Waals surface area contributed by atoms with Crippen molar-refractivity contribution in [2.75, 3.05) is 31.9 Å². The molecule has 0 unspecified atom stereocenters. The number of piperidine rings is 2. The van der Waals surface area contributed by atoms with Crippen LogP contribution in [0.5, 0.6) is 0 Å². The van der Waals surface area contributed by atoms with E-state index in [1.54, 1.807) is 16.7 Å². The quantitative estimate of drug-likeness (QED) is 0.741. The highest BCUT2D eigenvalue weighted by atomic mass is 32.2. The van der Waals surface area contributed by atoms with Crippen molar-refractivity contribution in [3.8, 4) is 0 Å². The van der Waals surface area contributed by atoms with E-state index in [-0.39, 0.29) is 17.6 Å². The van der Waals surface area contributed by atoms with E-state index in [1.807, 2.05) is 19.1 Å². The van der Waals surface area contributed by atoms with E-state index < -0.39 is 10.0 Å². The van der Waals surface area contributed by atoms with Crippen molar-refractivity contribution in [3.63, 3.8) is 0 Å². The molecule has 1 amide bonds. The number of carbonyl (C=O) groups excluding carboxylic acids is 1. The molecule has 0 aliphatic carbocycles. The first-order chi connectivity index (χ1) is 13.5. The van der Waals surface area contributed by atoms with Gasteiger partial charge in [0.25, 0.3) is 0 Å². The Hall–Kier alpha value is -1.51. The predicted octanol–water partition coefficient (Wildman–Crippen LogP) is 1.61. The molecule has 1 aromatic heterocycles. The van der Waals surface area contributed by atoms with E-state index in [1.165, 1.54) is 0 Å². The second kappa shape index (κ2) is 9.80. The second-order valence-corrected chi connectivity index (χ2v) is 9.95. The average Bonchev–Trinajstić information content (AvgIpc) is 2.73. The Labute approximate surface area is 168 Å². The van der Waals surface area contributed by atoms with Gasteiger partial charge in [0.15, 0.2) is 0 Å². The number of amides is 1. The van der Waals surface area contributed by atoms with Crippen molar-refractivity contribution < 1.29 is 13.2 Å². The van der Waals surface area contributed by atoms with Crippen molar-refractivity contribution in [1.82, 2.24) is 19.5 Å². The molecule has 2 aliphatic heterocycles. The first-order valence-electron chi connectivity index (χ1n) is 10.4. The number of sulfonamides is 1. The van der Waals surface area contributed by atoms with E-state index >= 15 is 0 Å². The molecule has 2 aliphatic rings. The fourth-order valence-corrected chi connectivity index (χ4v) is 5.80. The molecule has 8 heteroatoms. The van der Waals surface area contributed by atoms with Crippen LogP contribution in [0.3, 0.4) is 0 Å². The van der Waals surface area contributed by atoms with Gasteiger partial charge in [-0.2, -0.15) is 0 Å². The van der Waals surface area contributed by atoms with Crippen molar-refractivity contribution in [1.29, 1.82) is 0 Å². The number of likely N-dealkylation sites (tertiary alicyclic amines) is 1. The number of carbonyl (C=O) groups is 1. The van der Waals surface area contributed by atoms with E-state index in [2.05, 4.69) is 15.2 Å². The number of pyridine rings is 1. The Morgan fingerprint density at radius 2 is 2.04 bits per heavy atom. The topological polar surface area (TPSA) is 82.6 Å². The van der Waals surface area contributed by atoms with Crippen LogP contribution in [-0.4, -0.2) is 66.5 Å². The van der Waals surface area contributed by atoms with Crippen LogP contribution in [0.4, 0.5) is 0 Å². The highest BCUT2D eigenvalue weighted by Crippen LogP contribution is 2.25. The summed E-state index contributed by atoms with van der Waals surface area (Å²) in [5.74, 6) is 0.351. The van der Waals surface area contributed by atoms with Gasteiger partial charge in [0.05, 0.1) is 11.7 Å². The maximum Gasteiger partial charge on any atom is 0.224 e. The molecular formula is C20H32N4O3S. The number of nitrogens with one attached hydrogen (secondary N) is 1. The molecule has 3 heterocycles. The molecule has 1 atom stereocenters. The monoisotopic (exact) mass is 408 g/mol. The maximum absolute atomic E-state index is 12.6. The number of rotatable bonds is 7. The van der Waals surface area contributed by atoms with Gasteiger partial charge in [0.2, 0.25) is 15.9 Å². The highest BCUT2D eigenvalue weighted by molar-refractivity contribution is 7.89. The van der Waals surface area contributed by atoms with Gasteiger partial charge < -0.3 is 5.32 Å². The first-order valence-corrected chi connectivity index (χ1v) is 12.0. The number of hydrogen-bond acceptors (Lipinski definition) is 5. The second-order valence-electron chi connectivity index (χ2n) is 7.86. The molecule has 1 aromatic rings. The van der Waals surface area contributed by atoms with Crippen LogP contribution in [-0.2, 0) is 21.4 Å². The van der Waals surface area contributed by atoms with Gasteiger partial charge in [0.1, 0.15) is 0 Å². The fourth-order valence-electron chi connectivity index (χ4n) is 4.26. The summed E-state index contributed by atoms with van der Waals surface area (Å²) in [6, 6.07) is 4.21. The van der Waals surface area contributed by atoms with Gasteiger partial charge in [-0.15, -0.1) is 0 Å². The smallest absolute Gasteiger partial charge is 0.224 e. The van der Waals surface area contributed by atoms with Gasteiger partial charge in [-0.05, 0) is 50.3 Å². The zero-order chi connectivity index (χ0) is 20.0. The summed E-state index contributed by atoms with van der Waals surface area (Å²) >= 11 is 0. The van der Waals surface area contributed by atoms with Gasteiger partial charge in [-0.3, -0.25) is 14.7 Å². The van der Waals surface area contributed by atoms with E-state index in [0.717, 1.165) is 44.3 Å². The lowest BCUT2D eigenvalue weighted by atomic mass is 9.93. The number of aromatic nitrogens is 1. The zero-order valence-electron chi connectivity index (χ0n) is 16.7. The highest BCUT2D eigenvalue weighted by Gasteiger charge is 2.33. The minimum atomic E-state index is -3.10. The largest absolute Gasteiger partial charge is 0.352 e. The van der Waals surface area contributed by atoms with Crippen LogP contribution >= 0.6 is 0 Å². The van der Waals surface area contributed by atoms with Gasteiger partial charge >= 0.3 is 0 Å². The predicted molar refractivity (Wildman–Crippen MR) is 109 cm³/mol. The minimum Gasteiger partial charge on any atom is -0.352 e. The van der Waals surface area contributed by atoms with E-state index in [0.29, 0.717) is 32.1 Å². The molecule has 156 valence electrons. The molecule has 1 N–H and O–H groups in total. The molecule has 0 radical (unpaired) electrons. The van der Waals surface area contributed by atoms with Gasteiger partial charge in [0, 0.05) is 44.6 Å². The third-order valence-corrected chi connectivity index (χ3v) is 7.88. The first kappa shape index (κ1) is 21.2. The Morgan fingerprint density at radius 3 is 2.71 bits per heavy atom. The molecule has 2 saturated heterocycles. The lowest BCUT2D eigenvalue weighted by Crippen LogP contribution is -2.51. The van der Waals surface area contributed by atoms with Crippen LogP contribution in [0, 0.1) is 5.92 Å². The van der Waals surface area contributed by atoms with Crippen LogP contribution in [0.2, 0.25) is 0 Å². The molecular weight excluding hydrogens is 376 g/mol. The third kappa shape index (κ3) is 5.52. The number of hydrogen-bond donors (Lipinski definition) is 1. The normalized spacial score (nSPS) is 22.8. The molecule has 7 nitrogen and oxygen atoms in total. The summed E-state index contributed by atoms with van der Waals surface area (Å²) in [4.78, 5) is 19.1. The Balaban J connectivity index is 1.48. The van der Waals surface area contributed by atoms with Crippen molar-refractivity contribution in [3.05, 3.63) is 30.1 Å². The van der Waals surface area contributed by atoms with Crippen LogP contribution in [0.1, 0.15) is 44.6 Å². The molecule has 28 heavy (non-hydrogen) atoms. The average molecular weight is 409 g/mol. The summed E-state index contributed by atoms with van der Waals surface area (Å²) in [5, 5.41) is 3.04. The van der Waals surface area contributed by atoms with Crippen molar-refractivity contribution in [2.24, 2.45) is 5.92 Å². The van der Waals surface area contributed by atoms with Crippen molar-refractivity contribution in [2.45, 2.75) is 51.6 Å². The lowest BCUT2D eigenvalue weighted by molar-refractivity contribution is -0.127. The summed E-state index contributed by atoms with van der Waals surface area (Å²) in [5.41, 5.74) is 1.00. The third-order valence-electron chi connectivity index (χ3n) is 5.81. The molecule has 3 rings (SSSR count). The SMILES string of the molecule is CCCS(=O)(=O)N1CCC(N2CCC[C@@H](C(=O)NCc3cccnc3)C2)CC1. The van der Waals surface area contributed by atoms with Crippen molar-refractivity contribution >= 4 is 15.9 Å². The van der Waals surface area contributed by atoms with Gasteiger partial charge in [-0.25, -0.2) is 12.7 Å². The fraction of sp³-hybridized carbons (Fsp3) is 0.700. The Morgan fingerprint density at radius 1 is 1.25 bits per heavy atom. The summed E-state index contributed by atoms with van der Waals surface area (Å²) in [6.45, 7) is 5.38. The van der Waals surface area contributed by atoms with Crippen LogP contribution < -0.4 is 5.32 Å². The summed E-state index contributed by atoms with van der Waals surface area (Å²) in [6.07, 6.45) is 7.79. The lowest BCUT2D eigenvalue weighted by Gasteiger charge is -2.41. The standard InChI is InChI=1S/C20H32N4O3S/c1-2-13-28(26,27)24-11-7-19(8-12-24)23-10-4-6-18(16-23)20(25)22-15-17-5-3-9-21-14-17/h3,5,9,14,18-19H,2,4,6-8,10-13,15-16H2,1H3,(H,22,25)/t18-/m1/s1.